The quantitative estimate of drug-likeness (QED) is 0.530. The fourth-order valence-corrected chi connectivity index (χ4v) is 4.39. The number of carbonyl (C=O) groups excluding carboxylic acids is 1. The third-order valence-electron chi connectivity index (χ3n) is 5.86. The van der Waals surface area contributed by atoms with Gasteiger partial charge in [-0.15, -0.1) is 0 Å². The van der Waals surface area contributed by atoms with Crippen LogP contribution in [0.3, 0.4) is 0 Å². The molecule has 1 heterocycles. The van der Waals surface area contributed by atoms with Crippen LogP contribution in [0, 0.1) is 5.92 Å². The summed E-state index contributed by atoms with van der Waals surface area (Å²) < 4.78 is 5.90. The molecule has 1 aromatic heterocycles. The largest absolute Gasteiger partial charge is 0.426 e. The average molecular weight is 371 g/mol. The number of hydrogen-bond donors (Lipinski definition) is 1. The molecule has 0 unspecified atom stereocenters. The predicted molar refractivity (Wildman–Crippen MR) is 111 cm³/mol. The Morgan fingerprint density at radius 1 is 1.15 bits per heavy atom. The lowest BCUT2D eigenvalue weighted by Crippen LogP contribution is -2.38. The van der Waals surface area contributed by atoms with E-state index in [1.54, 1.807) is 0 Å². The molecule has 0 radical (unpaired) electrons. The molecule has 1 aliphatic rings. The van der Waals surface area contributed by atoms with Crippen molar-refractivity contribution in [3.8, 4) is 5.75 Å². The van der Waals surface area contributed by atoms with Gasteiger partial charge in [0, 0.05) is 35.7 Å². The fraction of sp³-hybridized carbons (Fsp3) is 0.609. The van der Waals surface area contributed by atoms with Crippen LogP contribution in [-0.4, -0.2) is 34.5 Å². The summed E-state index contributed by atoms with van der Waals surface area (Å²) in [6, 6.07) is 6.97. The first kappa shape index (κ1) is 19.9. The van der Waals surface area contributed by atoms with Crippen LogP contribution >= 0.6 is 0 Å². The van der Waals surface area contributed by atoms with Crippen LogP contribution in [0.5, 0.6) is 5.75 Å². The van der Waals surface area contributed by atoms with Gasteiger partial charge >= 0.3 is 5.97 Å². The van der Waals surface area contributed by atoms with E-state index in [4.69, 9.17) is 4.74 Å². The topological polar surface area (TPSA) is 45.3 Å². The molecule has 0 aliphatic heterocycles. The van der Waals surface area contributed by atoms with Gasteiger partial charge in [-0.05, 0) is 64.7 Å². The third-order valence-corrected chi connectivity index (χ3v) is 5.86. The Labute approximate surface area is 163 Å². The lowest BCUT2D eigenvalue weighted by Gasteiger charge is -2.30. The molecule has 4 heteroatoms. The maximum Gasteiger partial charge on any atom is 0.314 e. The molecule has 148 valence electrons. The molecule has 0 bridgehead atoms. The number of esters is 1. The van der Waals surface area contributed by atoms with Gasteiger partial charge in [0.05, 0.1) is 5.92 Å². The Morgan fingerprint density at radius 3 is 2.52 bits per heavy atom. The molecule has 1 saturated carbocycles. The van der Waals surface area contributed by atoms with Crippen molar-refractivity contribution >= 4 is 16.9 Å². The van der Waals surface area contributed by atoms with Crippen molar-refractivity contribution in [3.05, 3.63) is 30.0 Å². The van der Waals surface area contributed by atoms with Crippen LogP contribution < -0.4 is 4.74 Å². The maximum atomic E-state index is 12.6. The van der Waals surface area contributed by atoms with Gasteiger partial charge in [-0.2, -0.15) is 0 Å². The number of hydrogen-bond acceptors (Lipinski definition) is 3. The van der Waals surface area contributed by atoms with Crippen molar-refractivity contribution in [2.45, 2.75) is 78.3 Å². The Morgan fingerprint density at radius 2 is 1.85 bits per heavy atom. The molecule has 2 aromatic rings. The number of aromatic amines is 1. The Balaban J connectivity index is 1.78. The normalized spacial score (nSPS) is 16.0. The van der Waals surface area contributed by atoms with Crippen LogP contribution in [0.25, 0.3) is 10.9 Å². The van der Waals surface area contributed by atoms with Crippen molar-refractivity contribution in [3.63, 3.8) is 0 Å². The third kappa shape index (κ3) is 4.73. The molecule has 3 rings (SSSR count). The molecule has 0 atom stereocenters. The Hall–Kier alpha value is -1.81. The van der Waals surface area contributed by atoms with E-state index in [9.17, 15) is 4.79 Å². The second-order valence-corrected chi connectivity index (χ2v) is 8.42. The summed E-state index contributed by atoms with van der Waals surface area (Å²) in [6.45, 7) is 9.96. The average Bonchev–Trinajstić information content (AvgIpc) is 3.06. The highest BCUT2D eigenvalue weighted by Crippen LogP contribution is 2.32. The first-order valence-electron chi connectivity index (χ1n) is 10.5. The second kappa shape index (κ2) is 8.92. The van der Waals surface area contributed by atoms with Gasteiger partial charge in [0.1, 0.15) is 5.75 Å². The minimum Gasteiger partial charge on any atom is -0.426 e. The highest BCUT2D eigenvalue weighted by molar-refractivity contribution is 5.91. The van der Waals surface area contributed by atoms with Crippen molar-refractivity contribution in [1.82, 2.24) is 9.88 Å². The molecule has 1 fully saturated rings. The molecular weight excluding hydrogens is 336 g/mol. The SMILES string of the molecule is CC(C)N(CCc1c[nH]c2cccc(OC(=O)C3CCCCC3)c12)C(C)C. The van der Waals surface area contributed by atoms with E-state index in [0.29, 0.717) is 17.8 Å². The molecule has 1 N–H and O–H groups in total. The number of H-pyrrole nitrogens is 1. The first-order chi connectivity index (χ1) is 13.0. The van der Waals surface area contributed by atoms with E-state index < -0.39 is 0 Å². The number of aromatic nitrogens is 1. The summed E-state index contributed by atoms with van der Waals surface area (Å²) in [6.07, 6.45) is 8.46. The highest BCUT2D eigenvalue weighted by Gasteiger charge is 2.24. The van der Waals surface area contributed by atoms with E-state index in [1.165, 1.54) is 12.0 Å². The smallest absolute Gasteiger partial charge is 0.314 e. The van der Waals surface area contributed by atoms with Crippen LogP contribution in [0.4, 0.5) is 0 Å². The summed E-state index contributed by atoms with van der Waals surface area (Å²) in [5, 5.41) is 1.06. The molecule has 0 spiro atoms. The molecule has 27 heavy (non-hydrogen) atoms. The zero-order valence-electron chi connectivity index (χ0n) is 17.3. The number of nitrogens with one attached hydrogen (secondary N) is 1. The van der Waals surface area contributed by atoms with Crippen LogP contribution in [0.1, 0.15) is 65.4 Å². The monoisotopic (exact) mass is 370 g/mol. The van der Waals surface area contributed by atoms with Crippen LogP contribution in [0.15, 0.2) is 24.4 Å². The maximum absolute atomic E-state index is 12.6. The van der Waals surface area contributed by atoms with Crippen molar-refractivity contribution < 1.29 is 9.53 Å². The van der Waals surface area contributed by atoms with Crippen LogP contribution in [-0.2, 0) is 11.2 Å². The van der Waals surface area contributed by atoms with Gasteiger partial charge in [-0.25, -0.2) is 0 Å². The van der Waals surface area contributed by atoms with E-state index >= 15 is 0 Å². The Kier molecular flexibility index (Phi) is 6.59. The molecule has 4 nitrogen and oxygen atoms in total. The van der Waals surface area contributed by atoms with Gasteiger partial charge in [0.15, 0.2) is 0 Å². The first-order valence-corrected chi connectivity index (χ1v) is 10.5. The molecule has 0 amide bonds. The summed E-state index contributed by atoms with van der Waals surface area (Å²) in [5.41, 5.74) is 2.27. The molecule has 0 saturated heterocycles. The predicted octanol–water partition coefficient (Wildman–Crippen LogP) is 5.31. The zero-order chi connectivity index (χ0) is 19.4. The van der Waals surface area contributed by atoms with Gasteiger partial charge in [0.2, 0.25) is 0 Å². The van der Waals surface area contributed by atoms with Crippen molar-refractivity contribution in [2.24, 2.45) is 5.92 Å². The van der Waals surface area contributed by atoms with Gasteiger partial charge in [-0.1, -0.05) is 25.3 Å². The van der Waals surface area contributed by atoms with E-state index in [1.807, 2.05) is 12.1 Å². The van der Waals surface area contributed by atoms with E-state index in [-0.39, 0.29) is 11.9 Å². The van der Waals surface area contributed by atoms with Gasteiger partial charge < -0.3 is 9.72 Å². The van der Waals surface area contributed by atoms with Gasteiger partial charge in [0.25, 0.3) is 0 Å². The van der Waals surface area contributed by atoms with Crippen molar-refractivity contribution in [2.75, 3.05) is 6.54 Å². The summed E-state index contributed by atoms with van der Waals surface area (Å²) in [7, 11) is 0. The van der Waals surface area contributed by atoms with Crippen LogP contribution in [0.2, 0.25) is 0 Å². The fourth-order valence-electron chi connectivity index (χ4n) is 4.39. The Bertz CT molecular complexity index is 749. The van der Waals surface area contributed by atoms with Crippen molar-refractivity contribution in [1.29, 1.82) is 0 Å². The second-order valence-electron chi connectivity index (χ2n) is 8.42. The molecule has 1 aromatic carbocycles. The summed E-state index contributed by atoms with van der Waals surface area (Å²) in [5.74, 6) is 0.717. The number of nitrogens with zero attached hydrogens (tertiary/aromatic N) is 1. The van der Waals surface area contributed by atoms with Gasteiger partial charge in [-0.3, -0.25) is 9.69 Å². The number of benzene rings is 1. The zero-order valence-corrected chi connectivity index (χ0v) is 17.3. The molecular formula is C23H34N2O2. The minimum atomic E-state index is -0.0552. The lowest BCUT2D eigenvalue weighted by atomic mass is 9.89. The highest BCUT2D eigenvalue weighted by atomic mass is 16.5. The number of fused-ring (bicyclic) bond motifs is 1. The van der Waals surface area contributed by atoms with E-state index in [0.717, 1.165) is 49.6 Å². The minimum absolute atomic E-state index is 0.0552. The lowest BCUT2D eigenvalue weighted by molar-refractivity contribution is -0.139. The molecule has 1 aliphatic carbocycles. The standard InChI is InChI=1S/C23H34N2O2/c1-16(2)25(17(3)4)14-13-19-15-24-20-11-8-12-21(22(19)20)27-23(26)18-9-6-5-7-10-18/h8,11-12,15-18,24H,5-7,9-10,13-14H2,1-4H3. The summed E-state index contributed by atoms with van der Waals surface area (Å²) >= 11 is 0. The van der Waals surface area contributed by atoms with E-state index in [2.05, 4.69) is 49.8 Å². The summed E-state index contributed by atoms with van der Waals surface area (Å²) in [4.78, 5) is 18.5. The number of ether oxygens (including phenoxy) is 1. The number of rotatable bonds is 7. The number of carbonyl (C=O) groups is 1.